The zero-order valence-corrected chi connectivity index (χ0v) is 10.4. The summed E-state index contributed by atoms with van der Waals surface area (Å²) >= 11 is 0. The van der Waals surface area contributed by atoms with Crippen molar-refractivity contribution in [3.8, 4) is 11.8 Å². The maximum absolute atomic E-state index is 12.3. The van der Waals surface area contributed by atoms with Crippen LogP contribution >= 0.6 is 0 Å². The highest BCUT2D eigenvalue weighted by atomic mass is 16.3. The van der Waals surface area contributed by atoms with Crippen molar-refractivity contribution < 1.29 is 9.90 Å². The summed E-state index contributed by atoms with van der Waals surface area (Å²) in [6.45, 7) is 2.91. The molecule has 94 valence electrons. The molecular weight excluding hydrogens is 228 g/mol. The number of phenols is 1. The van der Waals surface area contributed by atoms with Gasteiger partial charge in [0.1, 0.15) is 5.75 Å². The lowest BCUT2D eigenvalue weighted by Crippen LogP contribution is -2.39. The summed E-state index contributed by atoms with van der Waals surface area (Å²) in [4.78, 5) is 14.0. The van der Waals surface area contributed by atoms with E-state index in [-0.39, 0.29) is 17.6 Å². The molecule has 1 aromatic rings. The van der Waals surface area contributed by atoms with Crippen molar-refractivity contribution in [3.05, 3.63) is 29.3 Å². The molecule has 1 fully saturated rings. The predicted molar refractivity (Wildman–Crippen MR) is 67.1 cm³/mol. The van der Waals surface area contributed by atoms with E-state index in [1.807, 2.05) is 0 Å². The molecule has 1 heterocycles. The molecule has 0 saturated carbocycles. The fraction of sp³-hybridized carbons (Fsp3) is 0.429. The van der Waals surface area contributed by atoms with E-state index in [2.05, 4.69) is 6.07 Å². The topological polar surface area (TPSA) is 64.3 Å². The molecule has 1 amide bonds. The molecule has 0 bridgehead atoms. The number of amides is 1. The smallest absolute Gasteiger partial charge is 0.254 e. The van der Waals surface area contributed by atoms with Crippen molar-refractivity contribution in [1.82, 2.24) is 4.90 Å². The maximum atomic E-state index is 12.3. The van der Waals surface area contributed by atoms with Crippen LogP contribution in [0, 0.1) is 24.2 Å². The second kappa shape index (κ2) is 5.09. The number of carbonyl (C=O) groups excluding carboxylic acids is 1. The summed E-state index contributed by atoms with van der Waals surface area (Å²) in [7, 11) is 0. The van der Waals surface area contributed by atoms with Gasteiger partial charge >= 0.3 is 0 Å². The average molecular weight is 244 g/mol. The monoisotopic (exact) mass is 244 g/mol. The number of phenolic OH excluding ortho intramolecular Hbond substituents is 1. The average Bonchev–Trinajstić information content (AvgIpc) is 2.41. The van der Waals surface area contributed by atoms with E-state index in [4.69, 9.17) is 5.26 Å². The van der Waals surface area contributed by atoms with E-state index in [9.17, 15) is 9.90 Å². The third-order valence-electron chi connectivity index (χ3n) is 3.43. The lowest BCUT2D eigenvalue weighted by atomic mass is 9.98. The standard InChI is InChI=1S/C14H16N2O2/c1-10-12(5-2-6-13(10)17)14(18)16-7-3-4-11(8-15)9-16/h2,5-6,11,17H,3-4,7,9H2,1H3. The first-order chi connectivity index (χ1) is 8.63. The molecule has 18 heavy (non-hydrogen) atoms. The third kappa shape index (κ3) is 2.30. The van der Waals surface area contributed by atoms with E-state index in [0.29, 0.717) is 24.2 Å². The molecule has 0 radical (unpaired) electrons. The van der Waals surface area contributed by atoms with Crippen LogP contribution < -0.4 is 0 Å². The summed E-state index contributed by atoms with van der Waals surface area (Å²) in [6, 6.07) is 7.18. The van der Waals surface area contributed by atoms with Crippen LogP contribution in [-0.4, -0.2) is 29.0 Å². The van der Waals surface area contributed by atoms with Crippen molar-refractivity contribution in [1.29, 1.82) is 5.26 Å². The van der Waals surface area contributed by atoms with Crippen molar-refractivity contribution in [2.45, 2.75) is 19.8 Å². The second-order valence-corrected chi connectivity index (χ2v) is 4.67. The summed E-state index contributed by atoms with van der Waals surface area (Å²) in [6.07, 6.45) is 1.72. The number of nitrogens with zero attached hydrogens (tertiary/aromatic N) is 2. The van der Waals surface area contributed by atoms with Crippen molar-refractivity contribution in [2.24, 2.45) is 5.92 Å². The van der Waals surface area contributed by atoms with Crippen LogP contribution in [-0.2, 0) is 0 Å². The Morgan fingerprint density at radius 1 is 1.56 bits per heavy atom. The van der Waals surface area contributed by atoms with Gasteiger partial charge in [-0.15, -0.1) is 0 Å². The Kier molecular flexibility index (Phi) is 3.52. The first-order valence-corrected chi connectivity index (χ1v) is 6.11. The van der Waals surface area contributed by atoms with Crippen LogP contribution in [0.5, 0.6) is 5.75 Å². The number of hydrogen-bond donors (Lipinski definition) is 1. The molecule has 1 unspecified atom stereocenters. The van der Waals surface area contributed by atoms with Crippen LogP contribution in [0.15, 0.2) is 18.2 Å². The SMILES string of the molecule is Cc1c(O)cccc1C(=O)N1CCCC(C#N)C1. The van der Waals surface area contributed by atoms with Crippen LogP contribution in [0.3, 0.4) is 0 Å². The molecule has 1 atom stereocenters. The highest BCUT2D eigenvalue weighted by molar-refractivity contribution is 5.96. The van der Waals surface area contributed by atoms with Gasteiger partial charge in [-0.1, -0.05) is 6.07 Å². The lowest BCUT2D eigenvalue weighted by molar-refractivity contribution is 0.0697. The predicted octanol–water partition coefficient (Wildman–Crippen LogP) is 2.08. The first kappa shape index (κ1) is 12.4. The Hall–Kier alpha value is -2.02. The number of hydrogen-bond acceptors (Lipinski definition) is 3. The molecule has 1 aliphatic rings. The quantitative estimate of drug-likeness (QED) is 0.822. The fourth-order valence-corrected chi connectivity index (χ4v) is 2.29. The molecule has 1 N–H and O–H groups in total. The van der Waals surface area contributed by atoms with Gasteiger partial charge in [0, 0.05) is 24.2 Å². The van der Waals surface area contributed by atoms with Gasteiger partial charge in [-0.25, -0.2) is 0 Å². The molecule has 4 nitrogen and oxygen atoms in total. The van der Waals surface area contributed by atoms with Gasteiger partial charge in [0.25, 0.3) is 5.91 Å². The Morgan fingerprint density at radius 3 is 3.06 bits per heavy atom. The summed E-state index contributed by atoms with van der Waals surface area (Å²) in [5.41, 5.74) is 1.12. The third-order valence-corrected chi connectivity index (χ3v) is 3.43. The van der Waals surface area contributed by atoms with Gasteiger partial charge in [0.05, 0.1) is 12.0 Å². The Bertz CT molecular complexity index is 505. The highest BCUT2D eigenvalue weighted by Gasteiger charge is 2.25. The number of benzene rings is 1. The van der Waals surface area contributed by atoms with E-state index >= 15 is 0 Å². The normalized spacial score (nSPS) is 19.3. The summed E-state index contributed by atoms with van der Waals surface area (Å²) < 4.78 is 0. The van der Waals surface area contributed by atoms with Gasteiger partial charge in [0.2, 0.25) is 0 Å². The Morgan fingerprint density at radius 2 is 2.33 bits per heavy atom. The molecule has 2 rings (SSSR count). The molecule has 0 aromatic heterocycles. The number of piperidine rings is 1. The minimum atomic E-state index is -0.0941. The highest BCUT2D eigenvalue weighted by Crippen LogP contribution is 2.23. The van der Waals surface area contributed by atoms with E-state index in [1.54, 1.807) is 30.0 Å². The molecule has 1 aliphatic heterocycles. The van der Waals surface area contributed by atoms with Gasteiger partial charge < -0.3 is 10.0 Å². The van der Waals surface area contributed by atoms with Crippen LogP contribution in [0.2, 0.25) is 0 Å². The Labute approximate surface area is 106 Å². The lowest BCUT2D eigenvalue weighted by Gasteiger charge is -2.30. The van der Waals surface area contributed by atoms with Crippen LogP contribution in [0.4, 0.5) is 0 Å². The molecule has 1 saturated heterocycles. The molecule has 1 aromatic carbocycles. The summed E-state index contributed by atoms with van der Waals surface area (Å²) in [5.74, 6) is -0.0293. The number of aromatic hydroxyl groups is 1. The number of likely N-dealkylation sites (tertiary alicyclic amines) is 1. The van der Waals surface area contributed by atoms with Gasteiger partial charge in [-0.3, -0.25) is 4.79 Å². The van der Waals surface area contributed by atoms with Gasteiger partial charge in [0.15, 0.2) is 0 Å². The minimum absolute atomic E-state index is 0.0692. The van der Waals surface area contributed by atoms with E-state index < -0.39 is 0 Å². The number of rotatable bonds is 1. The van der Waals surface area contributed by atoms with E-state index in [1.165, 1.54) is 0 Å². The van der Waals surface area contributed by atoms with Crippen molar-refractivity contribution in [3.63, 3.8) is 0 Å². The molecule has 4 heteroatoms. The minimum Gasteiger partial charge on any atom is -0.508 e. The number of nitriles is 1. The Balaban J connectivity index is 2.21. The van der Waals surface area contributed by atoms with Crippen LogP contribution in [0.25, 0.3) is 0 Å². The molecular formula is C14H16N2O2. The molecule has 0 aliphatic carbocycles. The molecule has 0 spiro atoms. The maximum Gasteiger partial charge on any atom is 0.254 e. The zero-order valence-electron chi connectivity index (χ0n) is 10.4. The van der Waals surface area contributed by atoms with Crippen LogP contribution in [0.1, 0.15) is 28.8 Å². The summed E-state index contributed by atoms with van der Waals surface area (Å²) in [5, 5.41) is 18.6. The van der Waals surface area contributed by atoms with Crippen molar-refractivity contribution >= 4 is 5.91 Å². The van der Waals surface area contributed by atoms with E-state index in [0.717, 1.165) is 12.8 Å². The zero-order chi connectivity index (χ0) is 13.1. The van der Waals surface area contributed by atoms with Gasteiger partial charge in [-0.05, 0) is 31.9 Å². The van der Waals surface area contributed by atoms with Gasteiger partial charge in [-0.2, -0.15) is 5.26 Å². The largest absolute Gasteiger partial charge is 0.508 e. The van der Waals surface area contributed by atoms with Crippen molar-refractivity contribution in [2.75, 3.05) is 13.1 Å². The first-order valence-electron chi connectivity index (χ1n) is 6.11. The second-order valence-electron chi connectivity index (χ2n) is 4.67. The number of carbonyl (C=O) groups is 1. The fourth-order valence-electron chi connectivity index (χ4n) is 2.29.